The third-order valence-electron chi connectivity index (χ3n) is 3.45. The number of amides is 1. The summed E-state index contributed by atoms with van der Waals surface area (Å²) in [5.74, 6) is 1.45. The van der Waals surface area contributed by atoms with Gasteiger partial charge in [-0.1, -0.05) is 43.2 Å². The molecule has 0 fully saturated rings. The van der Waals surface area contributed by atoms with Gasteiger partial charge in [0.25, 0.3) is 5.91 Å². The highest BCUT2D eigenvalue weighted by Crippen LogP contribution is 2.13. The van der Waals surface area contributed by atoms with Crippen LogP contribution in [0.4, 0.5) is 0 Å². The van der Waals surface area contributed by atoms with Gasteiger partial charge in [0.05, 0.1) is 5.75 Å². The molecule has 0 spiro atoms. The van der Waals surface area contributed by atoms with E-state index in [4.69, 9.17) is 4.42 Å². The SMILES string of the molecule is CCCCNC(=O)c1ccc(CS(=O)Cc2ccc(C)cc2)o1. The zero-order valence-corrected chi connectivity index (χ0v) is 14.4. The van der Waals surface area contributed by atoms with Crippen LogP contribution < -0.4 is 5.32 Å². The van der Waals surface area contributed by atoms with Gasteiger partial charge in [0.1, 0.15) is 5.76 Å². The average Bonchev–Trinajstić information content (AvgIpc) is 2.98. The molecule has 1 heterocycles. The summed E-state index contributed by atoms with van der Waals surface area (Å²) < 4.78 is 17.7. The molecule has 1 N–H and O–H groups in total. The fourth-order valence-electron chi connectivity index (χ4n) is 2.12. The van der Waals surface area contributed by atoms with Gasteiger partial charge in [-0.2, -0.15) is 0 Å². The molecule has 0 aliphatic carbocycles. The Labute approximate surface area is 139 Å². The summed E-state index contributed by atoms with van der Waals surface area (Å²) in [4.78, 5) is 11.9. The fourth-order valence-corrected chi connectivity index (χ4v) is 3.26. The third-order valence-corrected chi connectivity index (χ3v) is 4.71. The number of carbonyl (C=O) groups excluding carboxylic acids is 1. The minimum absolute atomic E-state index is 0.214. The Kier molecular flexibility index (Phi) is 6.59. The van der Waals surface area contributed by atoms with Gasteiger partial charge >= 0.3 is 0 Å². The van der Waals surface area contributed by atoms with Crippen LogP contribution in [-0.4, -0.2) is 16.7 Å². The standard InChI is InChI=1S/C18H23NO3S/c1-3-4-11-19-18(20)17-10-9-16(22-17)13-23(21)12-15-7-5-14(2)6-8-15/h5-10H,3-4,11-13H2,1-2H3,(H,19,20). The number of unbranched alkanes of at least 4 members (excludes halogenated alkanes) is 1. The van der Waals surface area contributed by atoms with Gasteiger partial charge in [-0.15, -0.1) is 0 Å². The van der Waals surface area contributed by atoms with E-state index in [1.54, 1.807) is 12.1 Å². The summed E-state index contributed by atoms with van der Waals surface area (Å²) in [7, 11) is -1.06. The number of aryl methyl sites for hydroxylation is 1. The van der Waals surface area contributed by atoms with Gasteiger partial charge in [0.15, 0.2) is 5.76 Å². The van der Waals surface area contributed by atoms with E-state index < -0.39 is 10.8 Å². The summed E-state index contributed by atoms with van der Waals surface area (Å²) in [6.07, 6.45) is 1.97. The molecule has 0 saturated heterocycles. The van der Waals surface area contributed by atoms with Crippen LogP contribution in [0, 0.1) is 6.92 Å². The molecule has 1 atom stereocenters. The zero-order chi connectivity index (χ0) is 16.7. The largest absolute Gasteiger partial charge is 0.455 e. The van der Waals surface area contributed by atoms with Crippen LogP contribution in [0.3, 0.4) is 0 Å². The van der Waals surface area contributed by atoms with Crippen molar-refractivity contribution >= 4 is 16.7 Å². The molecule has 4 nitrogen and oxygen atoms in total. The first-order valence-corrected chi connectivity index (χ1v) is 9.34. The van der Waals surface area contributed by atoms with Crippen LogP contribution in [0.5, 0.6) is 0 Å². The maximum absolute atomic E-state index is 12.2. The lowest BCUT2D eigenvalue weighted by Crippen LogP contribution is -2.23. The number of furan rings is 1. The van der Waals surface area contributed by atoms with Crippen LogP contribution in [0.1, 0.15) is 47.2 Å². The maximum atomic E-state index is 12.2. The smallest absolute Gasteiger partial charge is 0.286 e. The van der Waals surface area contributed by atoms with E-state index in [2.05, 4.69) is 12.2 Å². The summed E-state index contributed by atoms with van der Waals surface area (Å²) in [5, 5.41) is 2.80. The van der Waals surface area contributed by atoms with Crippen molar-refractivity contribution < 1.29 is 13.4 Å². The first-order valence-electron chi connectivity index (χ1n) is 7.86. The number of hydrogen-bond acceptors (Lipinski definition) is 3. The predicted octanol–water partition coefficient (Wildman–Crippen LogP) is 3.57. The van der Waals surface area contributed by atoms with E-state index in [1.807, 2.05) is 31.2 Å². The van der Waals surface area contributed by atoms with Gasteiger partial charge in [-0.3, -0.25) is 9.00 Å². The van der Waals surface area contributed by atoms with Crippen LogP contribution in [-0.2, 0) is 22.3 Å². The molecule has 1 amide bonds. The molecule has 0 saturated carbocycles. The van der Waals surface area contributed by atoms with Crippen molar-refractivity contribution in [3.05, 3.63) is 59.0 Å². The topological polar surface area (TPSA) is 59.3 Å². The highest BCUT2D eigenvalue weighted by atomic mass is 32.2. The molecule has 124 valence electrons. The molecule has 2 rings (SSSR count). The van der Waals surface area contributed by atoms with Gasteiger partial charge < -0.3 is 9.73 Å². The summed E-state index contributed by atoms with van der Waals surface area (Å²) in [6, 6.07) is 11.4. The highest BCUT2D eigenvalue weighted by molar-refractivity contribution is 7.83. The first kappa shape index (κ1) is 17.5. The van der Waals surface area contributed by atoms with Crippen molar-refractivity contribution in [1.82, 2.24) is 5.32 Å². The molecule has 2 aromatic rings. The summed E-state index contributed by atoms with van der Waals surface area (Å²) in [5.41, 5.74) is 2.22. The number of nitrogens with one attached hydrogen (secondary N) is 1. The second-order valence-electron chi connectivity index (χ2n) is 5.59. The van der Waals surface area contributed by atoms with Crippen LogP contribution in [0.15, 0.2) is 40.8 Å². The molecule has 5 heteroatoms. The van der Waals surface area contributed by atoms with Crippen LogP contribution >= 0.6 is 0 Å². The van der Waals surface area contributed by atoms with Crippen molar-refractivity contribution in [1.29, 1.82) is 0 Å². The van der Waals surface area contributed by atoms with E-state index in [9.17, 15) is 9.00 Å². The molecular formula is C18H23NO3S. The van der Waals surface area contributed by atoms with E-state index in [0.717, 1.165) is 18.4 Å². The Balaban J connectivity index is 1.87. The van der Waals surface area contributed by atoms with Gasteiger partial charge in [-0.05, 0) is 31.0 Å². The normalized spacial score (nSPS) is 12.1. The Morgan fingerprint density at radius 2 is 1.87 bits per heavy atom. The van der Waals surface area contributed by atoms with Crippen molar-refractivity contribution in [3.63, 3.8) is 0 Å². The number of rotatable bonds is 8. The first-order chi connectivity index (χ1) is 11.1. The monoisotopic (exact) mass is 333 g/mol. The molecular weight excluding hydrogens is 310 g/mol. The summed E-state index contributed by atoms with van der Waals surface area (Å²) in [6.45, 7) is 4.74. The molecule has 1 aromatic carbocycles. The van der Waals surface area contributed by atoms with Gasteiger partial charge in [-0.25, -0.2) is 0 Å². The number of benzene rings is 1. The lowest BCUT2D eigenvalue weighted by Gasteiger charge is -2.02. The summed E-state index contributed by atoms with van der Waals surface area (Å²) >= 11 is 0. The van der Waals surface area contributed by atoms with E-state index >= 15 is 0 Å². The van der Waals surface area contributed by atoms with Gasteiger partial charge in [0.2, 0.25) is 0 Å². The number of hydrogen-bond donors (Lipinski definition) is 1. The van der Waals surface area contributed by atoms with Crippen LogP contribution in [0.25, 0.3) is 0 Å². The molecule has 1 aromatic heterocycles. The Hall–Kier alpha value is -1.88. The van der Waals surface area contributed by atoms with Gasteiger partial charge in [0, 0.05) is 23.1 Å². The minimum Gasteiger partial charge on any atom is -0.455 e. The zero-order valence-electron chi connectivity index (χ0n) is 13.6. The lowest BCUT2D eigenvalue weighted by atomic mass is 10.2. The molecule has 23 heavy (non-hydrogen) atoms. The maximum Gasteiger partial charge on any atom is 0.286 e. The Bertz CT molecular complexity index is 661. The van der Waals surface area contributed by atoms with Crippen LogP contribution in [0.2, 0.25) is 0 Å². The second kappa shape index (κ2) is 8.67. The van der Waals surface area contributed by atoms with E-state index in [-0.39, 0.29) is 11.7 Å². The predicted molar refractivity (Wildman–Crippen MR) is 92.7 cm³/mol. The quantitative estimate of drug-likeness (QED) is 0.751. The lowest BCUT2D eigenvalue weighted by molar-refractivity contribution is 0.0924. The van der Waals surface area contributed by atoms with E-state index in [0.29, 0.717) is 23.8 Å². The minimum atomic E-state index is -1.06. The third kappa shape index (κ3) is 5.67. The second-order valence-corrected chi connectivity index (χ2v) is 7.05. The fraction of sp³-hybridized carbons (Fsp3) is 0.389. The Morgan fingerprint density at radius 1 is 1.13 bits per heavy atom. The van der Waals surface area contributed by atoms with Crippen molar-refractivity contribution in [2.75, 3.05) is 6.54 Å². The average molecular weight is 333 g/mol. The highest BCUT2D eigenvalue weighted by Gasteiger charge is 2.12. The molecule has 0 aliphatic rings. The Morgan fingerprint density at radius 3 is 2.57 bits per heavy atom. The van der Waals surface area contributed by atoms with E-state index in [1.165, 1.54) is 5.56 Å². The van der Waals surface area contributed by atoms with Crippen molar-refractivity contribution in [3.8, 4) is 0 Å². The van der Waals surface area contributed by atoms with Crippen molar-refractivity contribution in [2.45, 2.75) is 38.2 Å². The number of carbonyl (C=O) groups is 1. The molecule has 0 bridgehead atoms. The molecule has 1 unspecified atom stereocenters. The molecule has 0 radical (unpaired) electrons. The molecule has 0 aliphatic heterocycles. The van der Waals surface area contributed by atoms with Crippen molar-refractivity contribution in [2.24, 2.45) is 0 Å².